The highest BCUT2D eigenvalue weighted by Crippen LogP contribution is 2.31. The molecule has 0 unspecified atom stereocenters. The van der Waals surface area contributed by atoms with E-state index in [2.05, 4.69) is 21.9 Å². The normalized spacial score (nSPS) is 13.6. The Bertz CT molecular complexity index is 1740. The van der Waals surface area contributed by atoms with Crippen LogP contribution in [0.4, 0.5) is 0 Å². The molecule has 0 atom stereocenters. The number of likely N-dealkylation sites (tertiary alicyclic amines) is 1. The average Bonchev–Trinajstić information content (AvgIpc) is 3.46. The number of fused-ring (bicyclic) bond motifs is 1. The first-order valence-corrected chi connectivity index (χ1v) is 13.4. The van der Waals surface area contributed by atoms with Crippen molar-refractivity contribution in [3.63, 3.8) is 0 Å². The number of rotatable bonds is 4. The molecule has 1 saturated heterocycles. The summed E-state index contributed by atoms with van der Waals surface area (Å²) in [5.41, 5.74) is 5.97. The van der Waals surface area contributed by atoms with Gasteiger partial charge in [-0.15, -0.1) is 0 Å². The molecule has 0 aliphatic carbocycles. The summed E-state index contributed by atoms with van der Waals surface area (Å²) in [6, 6.07) is 21.6. The quantitative estimate of drug-likeness (QED) is 0.284. The molecular weight excluding hydrogens is 498 g/mol. The number of nitrogens with zero attached hydrogens (tertiary/aromatic N) is 5. The van der Waals surface area contributed by atoms with Gasteiger partial charge in [0, 0.05) is 60.5 Å². The van der Waals surface area contributed by atoms with Gasteiger partial charge in [-0.05, 0) is 60.7 Å². The molecule has 1 aliphatic heterocycles. The van der Waals surface area contributed by atoms with Crippen LogP contribution in [-0.2, 0) is 7.05 Å². The molecular formula is C33H29N5O2. The maximum atomic E-state index is 13.3. The van der Waals surface area contributed by atoms with E-state index >= 15 is 0 Å². The molecule has 0 spiro atoms. The summed E-state index contributed by atoms with van der Waals surface area (Å²) in [7, 11) is 3.53. The first kappa shape index (κ1) is 25.3. The van der Waals surface area contributed by atoms with Crippen LogP contribution in [-0.4, -0.2) is 50.8 Å². The van der Waals surface area contributed by atoms with Gasteiger partial charge in [0.15, 0.2) is 0 Å². The molecule has 7 heteroatoms. The zero-order valence-corrected chi connectivity index (χ0v) is 22.5. The number of amides is 1. The van der Waals surface area contributed by atoms with Crippen molar-refractivity contribution < 1.29 is 9.53 Å². The van der Waals surface area contributed by atoms with Gasteiger partial charge in [-0.1, -0.05) is 36.3 Å². The van der Waals surface area contributed by atoms with Crippen molar-refractivity contribution in [3.8, 4) is 40.0 Å². The van der Waals surface area contributed by atoms with Gasteiger partial charge in [-0.3, -0.25) is 14.5 Å². The molecule has 0 N–H and O–H groups in total. The van der Waals surface area contributed by atoms with Crippen LogP contribution in [0.5, 0.6) is 5.75 Å². The van der Waals surface area contributed by atoms with Gasteiger partial charge in [0.25, 0.3) is 5.91 Å². The van der Waals surface area contributed by atoms with E-state index in [1.807, 2.05) is 84.9 Å². The lowest BCUT2D eigenvalue weighted by Crippen LogP contribution is -2.38. The van der Waals surface area contributed by atoms with Crippen molar-refractivity contribution in [2.75, 3.05) is 20.2 Å². The van der Waals surface area contributed by atoms with E-state index < -0.39 is 0 Å². The number of carbonyl (C=O) groups is 1. The zero-order valence-electron chi connectivity index (χ0n) is 22.5. The van der Waals surface area contributed by atoms with Gasteiger partial charge >= 0.3 is 0 Å². The van der Waals surface area contributed by atoms with Gasteiger partial charge in [0.05, 0.1) is 24.5 Å². The van der Waals surface area contributed by atoms with E-state index in [-0.39, 0.29) is 11.8 Å². The number of piperidine rings is 1. The van der Waals surface area contributed by atoms with E-state index in [0.717, 1.165) is 46.1 Å². The lowest BCUT2D eigenvalue weighted by Gasteiger charge is -2.30. The summed E-state index contributed by atoms with van der Waals surface area (Å²) in [5, 5.41) is 5.21. The minimum absolute atomic E-state index is 0.0206. The van der Waals surface area contributed by atoms with Crippen molar-refractivity contribution in [3.05, 3.63) is 96.6 Å². The first-order valence-electron chi connectivity index (χ1n) is 13.4. The number of aromatic nitrogens is 4. The monoisotopic (exact) mass is 527 g/mol. The Morgan fingerprint density at radius 2 is 1.82 bits per heavy atom. The number of benzene rings is 2. The molecule has 0 saturated carbocycles. The molecule has 0 bridgehead atoms. The number of hydrogen-bond acceptors (Lipinski definition) is 5. The van der Waals surface area contributed by atoms with Crippen molar-refractivity contribution in [1.29, 1.82) is 0 Å². The Hall–Kier alpha value is -4.96. The topological polar surface area (TPSA) is 73.1 Å². The molecule has 40 heavy (non-hydrogen) atoms. The highest BCUT2D eigenvalue weighted by atomic mass is 16.5. The van der Waals surface area contributed by atoms with E-state index in [4.69, 9.17) is 9.72 Å². The predicted octanol–water partition coefficient (Wildman–Crippen LogP) is 5.61. The zero-order chi connectivity index (χ0) is 27.5. The van der Waals surface area contributed by atoms with E-state index in [9.17, 15) is 4.79 Å². The minimum Gasteiger partial charge on any atom is -0.496 e. The Kier molecular flexibility index (Phi) is 6.98. The highest BCUT2D eigenvalue weighted by molar-refractivity contribution is 5.95. The van der Waals surface area contributed by atoms with E-state index in [1.54, 1.807) is 24.2 Å². The van der Waals surface area contributed by atoms with Crippen LogP contribution in [0.3, 0.4) is 0 Å². The second kappa shape index (κ2) is 11.0. The molecule has 1 amide bonds. The van der Waals surface area contributed by atoms with Crippen LogP contribution < -0.4 is 4.74 Å². The Labute approximate surface area is 233 Å². The SMILES string of the molecule is COc1cc(C(=O)N2CCC(C#Cc3nc(-c4cnn(C)c4)cc4ncccc34)CC2)ccc1-c1ccccc1. The Morgan fingerprint density at radius 1 is 1.00 bits per heavy atom. The largest absolute Gasteiger partial charge is 0.496 e. The molecule has 198 valence electrons. The molecule has 0 radical (unpaired) electrons. The van der Waals surface area contributed by atoms with Crippen molar-refractivity contribution >= 4 is 16.8 Å². The fraction of sp³-hybridized carbons (Fsp3) is 0.212. The standard InChI is InChI=1S/C33H29N5O2/c1-37-22-26(21-35-37)30-20-31-28(9-6-16-34-31)29(36-30)13-10-23-14-17-38(18-15-23)33(39)25-11-12-27(32(19-25)40-2)24-7-4-3-5-8-24/h3-9,11-12,16,19-23H,14-15,17-18H2,1-2H3. The fourth-order valence-corrected chi connectivity index (χ4v) is 5.13. The van der Waals surface area contributed by atoms with Crippen molar-refractivity contribution in [2.45, 2.75) is 12.8 Å². The fourth-order valence-electron chi connectivity index (χ4n) is 5.13. The van der Waals surface area contributed by atoms with Crippen LogP contribution in [0.1, 0.15) is 28.9 Å². The van der Waals surface area contributed by atoms with Gasteiger partial charge < -0.3 is 9.64 Å². The number of carbonyl (C=O) groups excluding carboxylic acids is 1. The van der Waals surface area contributed by atoms with Crippen molar-refractivity contribution in [1.82, 2.24) is 24.6 Å². The highest BCUT2D eigenvalue weighted by Gasteiger charge is 2.24. The lowest BCUT2D eigenvalue weighted by atomic mass is 9.96. The second-order valence-corrected chi connectivity index (χ2v) is 9.95. The third-order valence-electron chi connectivity index (χ3n) is 7.31. The van der Waals surface area contributed by atoms with Crippen LogP contribution in [0.25, 0.3) is 33.3 Å². The Balaban J connectivity index is 1.17. The molecule has 7 nitrogen and oxygen atoms in total. The smallest absolute Gasteiger partial charge is 0.253 e. The summed E-state index contributed by atoms with van der Waals surface area (Å²) in [4.78, 5) is 24.6. The maximum Gasteiger partial charge on any atom is 0.253 e. The van der Waals surface area contributed by atoms with Crippen LogP contribution in [0, 0.1) is 17.8 Å². The van der Waals surface area contributed by atoms with E-state index in [1.165, 1.54) is 0 Å². The van der Waals surface area contributed by atoms with Gasteiger partial charge in [0.1, 0.15) is 11.4 Å². The molecule has 1 aliphatic rings. The number of ether oxygens (including phenoxy) is 1. The maximum absolute atomic E-state index is 13.3. The summed E-state index contributed by atoms with van der Waals surface area (Å²) in [5.74, 6) is 7.68. The summed E-state index contributed by atoms with van der Waals surface area (Å²) in [6.07, 6.45) is 7.15. The lowest BCUT2D eigenvalue weighted by molar-refractivity contribution is 0.0707. The van der Waals surface area contributed by atoms with Crippen LogP contribution >= 0.6 is 0 Å². The number of methoxy groups -OCH3 is 1. The number of hydrogen-bond donors (Lipinski definition) is 0. The predicted molar refractivity (Wildman–Crippen MR) is 156 cm³/mol. The minimum atomic E-state index is 0.0206. The van der Waals surface area contributed by atoms with Crippen LogP contribution in [0.2, 0.25) is 0 Å². The molecule has 6 rings (SSSR count). The van der Waals surface area contributed by atoms with Gasteiger partial charge in [0.2, 0.25) is 0 Å². The summed E-state index contributed by atoms with van der Waals surface area (Å²) in [6.45, 7) is 1.32. The molecule has 2 aromatic carbocycles. The second-order valence-electron chi connectivity index (χ2n) is 9.95. The van der Waals surface area contributed by atoms with Gasteiger partial charge in [-0.2, -0.15) is 5.10 Å². The van der Waals surface area contributed by atoms with E-state index in [0.29, 0.717) is 30.1 Å². The average molecular weight is 528 g/mol. The third kappa shape index (κ3) is 5.16. The van der Waals surface area contributed by atoms with Crippen molar-refractivity contribution in [2.24, 2.45) is 13.0 Å². The molecule has 3 aromatic heterocycles. The Morgan fingerprint density at radius 3 is 2.58 bits per heavy atom. The van der Waals surface area contributed by atoms with Crippen LogP contribution in [0.15, 0.2) is 85.3 Å². The molecule has 5 aromatic rings. The number of aryl methyl sites for hydroxylation is 1. The van der Waals surface area contributed by atoms with Gasteiger partial charge in [-0.25, -0.2) is 4.98 Å². The first-order chi connectivity index (χ1) is 19.6. The molecule has 4 heterocycles. The number of pyridine rings is 2. The third-order valence-corrected chi connectivity index (χ3v) is 7.31. The molecule has 1 fully saturated rings. The summed E-state index contributed by atoms with van der Waals surface area (Å²) < 4.78 is 7.39. The summed E-state index contributed by atoms with van der Waals surface area (Å²) >= 11 is 0.